The molecule has 2 aromatic rings. The maximum Gasteiger partial charge on any atom is 0.323 e. The van der Waals surface area contributed by atoms with Crippen LogP contribution in [-0.2, 0) is 9.53 Å². The lowest BCUT2D eigenvalue weighted by atomic mass is 10.1. The predicted octanol–water partition coefficient (Wildman–Crippen LogP) is 2.98. The molecular weight excluding hydrogens is 432 g/mol. The Kier molecular flexibility index (Phi) is 8.07. The molecule has 0 spiro atoms. The van der Waals surface area contributed by atoms with Gasteiger partial charge in [0.15, 0.2) is 0 Å². The number of hydrogen-bond acceptors (Lipinski definition) is 7. The number of primary amides is 2. The van der Waals surface area contributed by atoms with Gasteiger partial charge in [-0.1, -0.05) is 0 Å². The number of anilines is 1. The largest absolute Gasteiger partial charge is 0.494 e. The van der Waals surface area contributed by atoms with Crippen molar-refractivity contribution in [3.8, 4) is 16.2 Å². The van der Waals surface area contributed by atoms with Gasteiger partial charge in [-0.3, -0.25) is 14.9 Å². The van der Waals surface area contributed by atoms with Crippen LogP contribution in [0.3, 0.4) is 0 Å². The van der Waals surface area contributed by atoms with Crippen molar-refractivity contribution in [2.24, 2.45) is 17.2 Å². The van der Waals surface area contributed by atoms with E-state index in [4.69, 9.17) is 26.7 Å². The molecule has 1 aliphatic carbocycles. The lowest BCUT2D eigenvalue weighted by Gasteiger charge is -2.16. The molecule has 3 rings (SSSR count). The third-order valence-corrected chi connectivity index (χ3v) is 6.29. The van der Waals surface area contributed by atoms with Crippen LogP contribution in [0.1, 0.15) is 48.9 Å². The van der Waals surface area contributed by atoms with Gasteiger partial charge >= 0.3 is 12.0 Å². The van der Waals surface area contributed by atoms with Crippen LogP contribution in [0.5, 0.6) is 5.75 Å². The molecule has 0 bridgehead atoms. The fourth-order valence-electron chi connectivity index (χ4n) is 3.51. The molecule has 3 amide bonds. The summed E-state index contributed by atoms with van der Waals surface area (Å²) >= 11 is 1.20. The summed E-state index contributed by atoms with van der Waals surface area (Å²) in [5.41, 5.74) is 17.5. The number of hydrogen-bond donors (Lipinski definition) is 4. The first-order chi connectivity index (χ1) is 15.3. The van der Waals surface area contributed by atoms with Gasteiger partial charge in [0, 0.05) is 4.88 Å². The van der Waals surface area contributed by atoms with Crippen molar-refractivity contribution in [2.45, 2.75) is 50.7 Å². The van der Waals surface area contributed by atoms with Crippen LogP contribution in [0.15, 0.2) is 30.3 Å². The Morgan fingerprint density at radius 2 is 1.81 bits per heavy atom. The van der Waals surface area contributed by atoms with Crippen molar-refractivity contribution in [3.63, 3.8) is 0 Å². The highest BCUT2D eigenvalue weighted by Crippen LogP contribution is 2.36. The summed E-state index contributed by atoms with van der Waals surface area (Å²) in [4.78, 5) is 35.5. The average Bonchev–Trinajstić information content (AvgIpc) is 3.41. The first-order valence-electron chi connectivity index (χ1n) is 10.5. The van der Waals surface area contributed by atoms with Gasteiger partial charge in [-0.25, -0.2) is 4.79 Å². The highest BCUT2D eigenvalue weighted by molar-refractivity contribution is 7.20. The van der Waals surface area contributed by atoms with E-state index in [2.05, 4.69) is 5.32 Å². The second-order valence-electron chi connectivity index (χ2n) is 7.67. The summed E-state index contributed by atoms with van der Waals surface area (Å²) in [6, 6.07) is 7.48. The maximum atomic E-state index is 12.0. The lowest BCUT2D eigenvalue weighted by molar-refractivity contribution is -0.150. The first-order valence-corrected chi connectivity index (χ1v) is 11.3. The Bertz CT molecular complexity index is 954. The van der Waals surface area contributed by atoms with Crippen molar-refractivity contribution in [3.05, 3.63) is 35.9 Å². The number of ether oxygens (including phenoxy) is 2. The van der Waals surface area contributed by atoms with Crippen LogP contribution in [0.4, 0.5) is 9.80 Å². The fourth-order valence-corrected chi connectivity index (χ4v) is 4.58. The number of nitrogens with one attached hydrogen (secondary N) is 1. The second kappa shape index (κ2) is 11.0. The molecule has 1 aromatic carbocycles. The Labute approximate surface area is 190 Å². The molecule has 1 aliphatic rings. The summed E-state index contributed by atoms with van der Waals surface area (Å²) < 4.78 is 11.2. The van der Waals surface area contributed by atoms with Crippen LogP contribution in [0, 0.1) is 0 Å². The zero-order valence-corrected chi connectivity index (χ0v) is 18.5. The van der Waals surface area contributed by atoms with Crippen LogP contribution < -0.4 is 27.3 Å². The van der Waals surface area contributed by atoms with Crippen molar-refractivity contribution >= 4 is 34.2 Å². The van der Waals surface area contributed by atoms with Gasteiger partial charge in [0.25, 0.3) is 5.91 Å². The molecule has 0 aliphatic heterocycles. The zero-order valence-electron chi connectivity index (χ0n) is 17.7. The third kappa shape index (κ3) is 6.44. The van der Waals surface area contributed by atoms with Crippen LogP contribution in [0.2, 0.25) is 0 Å². The van der Waals surface area contributed by atoms with Crippen molar-refractivity contribution in [1.29, 1.82) is 0 Å². The van der Waals surface area contributed by atoms with E-state index in [1.807, 2.05) is 12.1 Å². The Balaban J connectivity index is 1.48. The monoisotopic (exact) mass is 460 g/mol. The summed E-state index contributed by atoms with van der Waals surface area (Å²) in [6.45, 7) is 0.418. The minimum absolute atomic E-state index is 0.0216. The van der Waals surface area contributed by atoms with E-state index in [-0.39, 0.29) is 17.6 Å². The predicted molar refractivity (Wildman–Crippen MR) is 123 cm³/mol. The van der Waals surface area contributed by atoms with Gasteiger partial charge in [-0.05, 0) is 74.4 Å². The Hall–Kier alpha value is -3.11. The number of nitrogens with two attached hydrogens (primary N) is 3. The smallest absolute Gasteiger partial charge is 0.323 e. The maximum absolute atomic E-state index is 12.0. The topological polar surface area (TPSA) is 160 Å². The number of urea groups is 1. The molecule has 1 aromatic heterocycles. The van der Waals surface area contributed by atoms with E-state index in [9.17, 15) is 14.4 Å². The van der Waals surface area contributed by atoms with Crippen molar-refractivity contribution in [1.82, 2.24) is 0 Å². The van der Waals surface area contributed by atoms with E-state index >= 15 is 0 Å². The van der Waals surface area contributed by atoms with E-state index in [0.717, 1.165) is 36.1 Å². The summed E-state index contributed by atoms with van der Waals surface area (Å²) in [7, 11) is 0. The number of carbonyl (C=O) groups excluding carboxylic acids is 3. The molecular formula is C22H28N4O5S. The quantitative estimate of drug-likeness (QED) is 0.315. The minimum atomic E-state index is -0.767. The second-order valence-corrected chi connectivity index (χ2v) is 8.72. The average molecular weight is 461 g/mol. The van der Waals surface area contributed by atoms with E-state index in [1.165, 1.54) is 11.3 Å². The molecule has 1 atom stereocenters. The summed E-state index contributed by atoms with van der Waals surface area (Å²) in [5.74, 6) is -0.322. The summed E-state index contributed by atoms with van der Waals surface area (Å²) in [6.07, 6.45) is 5.19. The Morgan fingerprint density at radius 1 is 1.12 bits per heavy atom. The van der Waals surface area contributed by atoms with Gasteiger partial charge in [0.05, 0.1) is 12.2 Å². The molecule has 10 heteroatoms. The molecule has 0 saturated heterocycles. The standard InChI is InChI=1S/C22H28N4O5S/c23-17(21(28)31-15-4-1-2-5-15)6-3-11-30-14-9-7-13(8-10-14)18-12-16(19(24)27)20(32-18)26-22(25)29/h7-10,12,15,17H,1-6,11,23H2,(H2,24,27)(H3,25,26,29)/t17-/m1/s1. The number of thiophene rings is 1. The third-order valence-electron chi connectivity index (χ3n) is 5.19. The van der Waals surface area contributed by atoms with E-state index < -0.39 is 18.0 Å². The highest BCUT2D eigenvalue weighted by Gasteiger charge is 2.23. The first kappa shape index (κ1) is 23.6. The summed E-state index contributed by atoms with van der Waals surface area (Å²) in [5, 5.41) is 2.72. The molecule has 172 valence electrons. The van der Waals surface area contributed by atoms with Gasteiger partial charge in [0.1, 0.15) is 22.9 Å². The molecule has 1 heterocycles. The molecule has 0 unspecified atom stereocenters. The lowest BCUT2D eigenvalue weighted by Crippen LogP contribution is -2.34. The van der Waals surface area contributed by atoms with Crippen LogP contribution in [0.25, 0.3) is 10.4 Å². The van der Waals surface area contributed by atoms with Crippen LogP contribution in [-0.4, -0.2) is 36.7 Å². The van der Waals surface area contributed by atoms with E-state index in [0.29, 0.717) is 30.2 Å². The number of esters is 1. The van der Waals surface area contributed by atoms with E-state index in [1.54, 1.807) is 18.2 Å². The molecule has 32 heavy (non-hydrogen) atoms. The molecule has 7 N–H and O–H groups in total. The van der Waals surface area contributed by atoms with Crippen LogP contribution >= 0.6 is 11.3 Å². The van der Waals surface area contributed by atoms with Gasteiger partial charge in [-0.15, -0.1) is 11.3 Å². The number of amides is 3. The number of rotatable bonds is 10. The highest BCUT2D eigenvalue weighted by atomic mass is 32.1. The normalized spacial score (nSPS) is 14.7. The zero-order chi connectivity index (χ0) is 23.1. The van der Waals surface area contributed by atoms with Gasteiger partial charge in [0.2, 0.25) is 0 Å². The fraction of sp³-hybridized carbons (Fsp3) is 0.409. The number of carbonyl (C=O) groups is 3. The van der Waals surface area contributed by atoms with Crippen molar-refractivity contribution < 1.29 is 23.9 Å². The number of benzene rings is 1. The molecule has 9 nitrogen and oxygen atoms in total. The van der Waals surface area contributed by atoms with Crippen molar-refractivity contribution in [2.75, 3.05) is 11.9 Å². The molecule has 1 fully saturated rings. The molecule has 0 radical (unpaired) electrons. The molecule has 1 saturated carbocycles. The van der Waals surface area contributed by atoms with Gasteiger partial charge in [-0.2, -0.15) is 0 Å². The van der Waals surface area contributed by atoms with Gasteiger partial charge < -0.3 is 26.7 Å². The Morgan fingerprint density at radius 3 is 2.44 bits per heavy atom. The SMILES string of the molecule is NC(=O)Nc1sc(-c2ccc(OCCC[C@@H](N)C(=O)OC3CCCC3)cc2)cc1C(N)=O. The minimum Gasteiger partial charge on any atom is -0.494 e.